The minimum absolute atomic E-state index is 0.00145. The van der Waals surface area contributed by atoms with Crippen LogP contribution in [0.2, 0.25) is 0 Å². The average Bonchev–Trinajstić information content (AvgIpc) is 3.65. The molecule has 6 nitrogen and oxygen atoms in total. The van der Waals surface area contributed by atoms with Crippen LogP contribution in [-0.2, 0) is 9.59 Å². The zero-order valence-corrected chi connectivity index (χ0v) is 20.9. The van der Waals surface area contributed by atoms with Crippen molar-refractivity contribution in [1.82, 2.24) is 9.88 Å². The lowest BCUT2D eigenvalue weighted by Gasteiger charge is -2.37. The molecular weight excluding hydrogens is 459 g/mol. The van der Waals surface area contributed by atoms with Gasteiger partial charge in [0.15, 0.2) is 6.10 Å². The van der Waals surface area contributed by atoms with Gasteiger partial charge in [-0.25, -0.2) is 4.39 Å². The van der Waals surface area contributed by atoms with Crippen molar-refractivity contribution in [2.45, 2.75) is 52.6 Å². The maximum atomic E-state index is 13.8. The molecule has 2 aliphatic rings. The van der Waals surface area contributed by atoms with Crippen molar-refractivity contribution >= 4 is 22.8 Å². The maximum Gasteiger partial charge on any atom is 0.309 e. The average molecular weight is 491 g/mol. The number of carbonyl (C=O) groups is 2. The molecule has 2 heterocycles. The molecule has 1 aromatic heterocycles. The Morgan fingerprint density at radius 2 is 1.89 bits per heavy atom. The SMILES string of the molecule is Cc1cc(F)cc(C)c1-c1ccnc2cc(O[C@H](C)C(=O)N3CCCC(C4(C(=O)O)CC4)C3)ccc12. The molecule has 2 fully saturated rings. The van der Waals surface area contributed by atoms with E-state index in [9.17, 15) is 19.1 Å². The predicted octanol–water partition coefficient (Wildman–Crippen LogP) is 5.53. The largest absolute Gasteiger partial charge is 0.481 e. The Labute approximate surface area is 210 Å². The molecule has 1 saturated carbocycles. The number of ether oxygens (including phenoxy) is 1. The highest BCUT2D eigenvalue weighted by atomic mass is 19.1. The molecule has 3 aromatic rings. The van der Waals surface area contributed by atoms with Crippen LogP contribution in [0.4, 0.5) is 4.39 Å². The van der Waals surface area contributed by atoms with Crippen LogP contribution < -0.4 is 4.74 Å². The summed E-state index contributed by atoms with van der Waals surface area (Å²) in [5.41, 5.74) is 3.74. The number of pyridine rings is 1. The second-order valence-electron chi connectivity index (χ2n) is 10.3. The zero-order chi connectivity index (χ0) is 25.6. The monoisotopic (exact) mass is 490 g/mol. The second-order valence-corrected chi connectivity index (χ2v) is 10.3. The first kappa shape index (κ1) is 24.2. The summed E-state index contributed by atoms with van der Waals surface area (Å²) >= 11 is 0. The van der Waals surface area contributed by atoms with Crippen molar-refractivity contribution in [1.29, 1.82) is 0 Å². The molecule has 0 bridgehead atoms. The van der Waals surface area contributed by atoms with Gasteiger partial charge in [-0.3, -0.25) is 14.6 Å². The molecule has 1 aliphatic heterocycles. The van der Waals surface area contributed by atoms with E-state index < -0.39 is 17.5 Å². The van der Waals surface area contributed by atoms with Gasteiger partial charge in [0.25, 0.3) is 5.91 Å². The number of carboxylic acids is 1. The molecule has 1 unspecified atom stereocenters. The molecule has 1 aliphatic carbocycles. The van der Waals surface area contributed by atoms with Crippen molar-refractivity contribution in [3.63, 3.8) is 0 Å². The van der Waals surface area contributed by atoms with Crippen LogP contribution in [-0.4, -0.2) is 46.1 Å². The van der Waals surface area contributed by atoms with Crippen molar-refractivity contribution < 1.29 is 23.8 Å². The Kier molecular flexibility index (Phi) is 6.18. The number of aryl methyl sites for hydroxylation is 2. The van der Waals surface area contributed by atoms with Crippen LogP contribution in [0.5, 0.6) is 5.75 Å². The highest BCUT2D eigenvalue weighted by Gasteiger charge is 2.56. The summed E-state index contributed by atoms with van der Waals surface area (Å²) in [6.45, 7) is 6.62. The normalized spacial score (nSPS) is 19.7. The van der Waals surface area contributed by atoms with Crippen molar-refractivity contribution in [3.05, 3.63) is 59.5 Å². The number of carboxylic acid groups (broad SMARTS) is 1. The fourth-order valence-corrected chi connectivity index (χ4v) is 5.83. The summed E-state index contributed by atoms with van der Waals surface area (Å²) < 4.78 is 19.9. The van der Waals surface area contributed by atoms with Crippen LogP contribution >= 0.6 is 0 Å². The minimum Gasteiger partial charge on any atom is -0.481 e. The molecule has 5 rings (SSSR count). The van der Waals surface area contributed by atoms with E-state index in [2.05, 4.69) is 4.98 Å². The Hall–Kier alpha value is -3.48. The Morgan fingerprint density at radius 3 is 2.56 bits per heavy atom. The lowest BCUT2D eigenvalue weighted by Crippen LogP contribution is -2.48. The number of nitrogens with zero attached hydrogens (tertiary/aromatic N) is 2. The van der Waals surface area contributed by atoms with E-state index >= 15 is 0 Å². The lowest BCUT2D eigenvalue weighted by atomic mass is 9.82. The molecule has 2 atom stereocenters. The number of aliphatic carboxylic acids is 1. The Morgan fingerprint density at radius 1 is 1.17 bits per heavy atom. The number of hydrogen-bond donors (Lipinski definition) is 1. The van der Waals surface area contributed by atoms with Gasteiger partial charge in [-0.15, -0.1) is 0 Å². The van der Waals surface area contributed by atoms with Crippen LogP contribution in [0.25, 0.3) is 22.0 Å². The number of fused-ring (bicyclic) bond motifs is 1. The predicted molar refractivity (Wildman–Crippen MR) is 135 cm³/mol. The van der Waals surface area contributed by atoms with Crippen molar-refractivity contribution in [3.8, 4) is 16.9 Å². The molecule has 1 amide bonds. The van der Waals surface area contributed by atoms with Gasteiger partial charge in [-0.1, -0.05) is 0 Å². The number of piperidine rings is 1. The number of amides is 1. The maximum absolute atomic E-state index is 13.8. The summed E-state index contributed by atoms with van der Waals surface area (Å²) in [6.07, 6.45) is 4.07. The number of carbonyl (C=O) groups excluding carboxylic acids is 1. The number of halogens is 1. The van der Waals surface area contributed by atoms with Gasteiger partial charge in [0.05, 0.1) is 10.9 Å². The van der Waals surface area contributed by atoms with Gasteiger partial charge in [0.1, 0.15) is 11.6 Å². The molecule has 1 saturated heterocycles. The molecular formula is C29H31FN2O4. The smallest absolute Gasteiger partial charge is 0.309 e. The van der Waals surface area contributed by atoms with Gasteiger partial charge in [0, 0.05) is 30.7 Å². The van der Waals surface area contributed by atoms with Crippen LogP contribution in [0.15, 0.2) is 42.6 Å². The standard InChI is InChI=1S/C29H31FN2O4/c1-17-13-21(30)14-18(2)26(17)24-8-11-31-25-15-22(6-7-23(24)25)36-19(3)27(33)32-12-4-5-20(16-32)29(9-10-29)28(34)35/h6-8,11,13-15,19-20H,4-5,9-10,12,16H2,1-3H3,(H,34,35)/t19-,20?/m1/s1. The fourth-order valence-electron chi connectivity index (χ4n) is 5.83. The molecule has 36 heavy (non-hydrogen) atoms. The minimum atomic E-state index is -0.736. The quantitative estimate of drug-likeness (QED) is 0.492. The molecule has 0 radical (unpaired) electrons. The molecule has 1 N–H and O–H groups in total. The van der Waals surface area contributed by atoms with Gasteiger partial charge >= 0.3 is 5.97 Å². The third-order valence-electron chi connectivity index (χ3n) is 7.87. The fraction of sp³-hybridized carbons (Fsp3) is 0.414. The van der Waals surface area contributed by atoms with E-state index in [1.165, 1.54) is 12.1 Å². The van der Waals surface area contributed by atoms with Crippen LogP contribution in [0.1, 0.15) is 43.7 Å². The third-order valence-corrected chi connectivity index (χ3v) is 7.87. The molecule has 188 valence electrons. The number of rotatable bonds is 6. The Balaban J connectivity index is 1.34. The van der Waals surface area contributed by atoms with E-state index in [-0.39, 0.29) is 17.6 Å². The first-order valence-corrected chi connectivity index (χ1v) is 12.5. The summed E-state index contributed by atoms with van der Waals surface area (Å²) in [6, 6.07) is 10.6. The third kappa shape index (κ3) is 4.31. The summed E-state index contributed by atoms with van der Waals surface area (Å²) in [5, 5.41) is 10.6. The molecule has 2 aromatic carbocycles. The number of aromatic nitrogens is 1. The number of likely N-dealkylation sites (tertiary alicyclic amines) is 1. The number of benzene rings is 2. The summed E-state index contributed by atoms with van der Waals surface area (Å²) in [5.74, 6) is -0.572. The highest BCUT2D eigenvalue weighted by Crippen LogP contribution is 2.54. The Bertz CT molecular complexity index is 1330. The highest BCUT2D eigenvalue weighted by molar-refractivity contribution is 5.96. The van der Waals surface area contributed by atoms with Gasteiger partial charge in [0.2, 0.25) is 0 Å². The van der Waals surface area contributed by atoms with E-state index in [4.69, 9.17) is 4.74 Å². The summed E-state index contributed by atoms with van der Waals surface area (Å²) in [7, 11) is 0. The second kappa shape index (κ2) is 9.19. The zero-order valence-electron chi connectivity index (χ0n) is 20.9. The van der Waals surface area contributed by atoms with E-state index in [1.54, 1.807) is 18.0 Å². The van der Waals surface area contributed by atoms with E-state index in [1.807, 2.05) is 38.1 Å². The van der Waals surface area contributed by atoms with Crippen LogP contribution in [0, 0.1) is 31.0 Å². The number of hydrogen-bond acceptors (Lipinski definition) is 4. The topological polar surface area (TPSA) is 79.7 Å². The molecule has 7 heteroatoms. The van der Waals surface area contributed by atoms with Crippen molar-refractivity contribution in [2.75, 3.05) is 13.1 Å². The summed E-state index contributed by atoms with van der Waals surface area (Å²) in [4.78, 5) is 31.2. The molecule has 0 spiro atoms. The first-order chi connectivity index (χ1) is 17.2. The lowest BCUT2D eigenvalue weighted by molar-refractivity contribution is -0.149. The van der Waals surface area contributed by atoms with Gasteiger partial charge in [-0.2, -0.15) is 0 Å². The van der Waals surface area contributed by atoms with E-state index in [0.29, 0.717) is 31.7 Å². The van der Waals surface area contributed by atoms with E-state index in [0.717, 1.165) is 46.0 Å². The van der Waals surface area contributed by atoms with Gasteiger partial charge in [-0.05, 0) is 105 Å². The van der Waals surface area contributed by atoms with Gasteiger partial charge < -0.3 is 14.7 Å². The van der Waals surface area contributed by atoms with Crippen LogP contribution in [0.3, 0.4) is 0 Å². The first-order valence-electron chi connectivity index (χ1n) is 12.5. The van der Waals surface area contributed by atoms with Crippen molar-refractivity contribution in [2.24, 2.45) is 11.3 Å².